The summed E-state index contributed by atoms with van der Waals surface area (Å²) in [6.45, 7) is 2.84. The first-order chi connectivity index (χ1) is 13.9. The van der Waals surface area contributed by atoms with Crippen molar-refractivity contribution in [1.29, 1.82) is 0 Å². The molecular weight excluding hydrogens is 396 g/mol. The van der Waals surface area contributed by atoms with Gasteiger partial charge in [0.05, 0.1) is 16.6 Å². The van der Waals surface area contributed by atoms with Gasteiger partial charge in [-0.1, -0.05) is 36.0 Å². The Balaban J connectivity index is 1.75. The number of carbonyl (C=O) groups is 1. The number of nitrogens with zero attached hydrogens (tertiary/aromatic N) is 2. The van der Waals surface area contributed by atoms with E-state index in [9.17, 15) is 13.6 Å². The molecule has 0 saturated heterocycles. The van der Waals surface area contributed by atoms with E-state index < -0.39 is 11.9 Å². The third-order valence-electron chi connectivity index (χ3n) is 4.45. The lowest BCUT2D eigenvalue weighted by molar-refractivity contribution is -0.115. The second kappa shape index (κ2) is 9.09. The minimum Gasteiger partial charge on any atom is -0.433 e. The summed E-state index contributed by atoms with van der Waals surface area (Å²) in [5.74, 6) is -0.416. The molecule has 3 aromatic rings. The van der Waals surface area contributed by atoms with Crippen molar-refractivity contribution in [2.45, 2.75) is 37.8 Å². The topological polar surface area (TPSA) is 56.2 Å². The number of thioether (sulfide) groups is 1. The Morgan fingerprint density at radius 3 is 2.69 bits per heavy atom. The Kier molecular flexibility index (Phi) is 6.53. The van der Waals surface area contributed by atoms with Gasteiger partial charge in [-0.2, -0.15) is 8.78 Å². The molecule has 152 valence electrons. The molecule has 0 saturated carbocycles. The third kappa shape index (κ3) is 4.95. The standard InChI is InChI=1S/C21H21F2N3O2S/c1-13-7-6-9-17(14(13)2)26-12-11-24-21(26)29-15(3)19(27)25-16-8-4-5-10-18(16)28-20(22)23/h4-12,15,20H,1-3H3,(H,25,27). The first-order valence-electron chi connectivity index (χ1n) is 8.98. The van der Waals surface area contributed by atoms with Gasteiger partial charge >= 0.3 is 6.61 Å². The number of carbonyl (C=O) groups excluding carboxylic acids is 1. The average Bonchev–Trinajstić information content (AvgIpc) is 3.13. The van der Waals surface area contributed by atoms with Crippen LogP contribution >= 0.6 is 11.8 Å². The van der Waals surface area contributed by atoms with Gasteiger partial charge in [0.15, 0.2) is 5.16 Å². The number of ether oxygens (including phenoxy) is 1. The average molecular weight is 417 g/mol. The number of hydrogen-bond donors (Lipinski definition) is 1. The second-order valence-corrected chi connectivity index (χ2v) is 7.73. The fourth-order valence-corrected chi connectivity index (χ4v) is 3.65. The van der Waals surface area contributed by atoms with Crippen molar-refractivity contribution in [2.75, 3.05) is 5.32 Å². The number of rotatable bonds is 7. The predicted molar refractivity (Wildman–Crippen MR) is 110 cm³/mol. The molecule has 1 atom stereocenters. The smallest absolute Gasteiger partial charge is 0.387 e. The Morgan fingerprint density at radius 2 is 1.93 bits per heavy atom. The van der Waals surface area contributed by atoms with Crippen molar-refractivity contribution in [3.63, 3.8) is 0 Å². The minimum atomic E-state index is -2.97. The second-order valence-electron chi connectivity index (χ2n) is 6.42. The van der Waals surface area contributed by atoms with E-state index in [1.807, 2.05) is 42.8 Å². The van der Waals surface area contributed by atoms with Crippen molar-refractivity contribution in [3.05, 3.63) is 66.0 Å². The number of anilines is 1. The number of benzene rings is 2. The highest BCUT2D eigenvalue weighted by Crippen LogP contribution is 2.29. The molecule has 3 rings (SSSR count). The first kappa shape index (κ1) is 20.9. The van der Waals surface area contributed by atoms with Gasteiger partial charge in [-0.05, 0) is 50.1 Å². The van der Waals surface area contributed by atoms with Crippen LogP contribution in [0.15, 0.2) is 60.0 Å². The van der Waals surface area contributed by atoms with Crippen molar-refractivity contribution in [1.82, 2.24) is 9.55 Å². The summed E-state index contributed by atoms with van der Waals surface area (Å²) in [4.78, 5) is 17.0. The highest BCUT2D eigenvalue weighted by Gasteiger charge is 2.20. The SMILES string of the molecule is Cc1cccc(-n2ccnc2SC(C)C(=O)Nc2ccccc2OC(F)F)c1C. The van der Waals surface area contributed by atoms with Gasteiger partial charge < -0.3 is 10.1 Å². The molecule has 0 aliphatic heterocycles. The van der Waals surface area contributed by atoms with Crippen LogP contribution in [0.5, 0.6) is 5.75 Å². The van der Waals surface area contributed by atoms with E-state index in [1.54, 1.807) is 25.3 Å². The Bertz CT molecular complexity index is 1010. The van der Waals surface area contributed by atoms with E-state index in [2.05, 4.69) is 15.0 Å². The molecule has 1 heterocycles. The number of aromatic nitrogens is 2. The van der Waals surface area contributed by atoms with Crippen molar-refractivity contribution < 1.29 is 18.3 Å². The minimum absolute atomic E-state index is 0.0788. The van der Waals surface area contributed by atoms with E-state index >= 15 is 0 Å². The van der Waals surface area contributed by atoms with Gasteiger partial charge in [-0.15, -0.1) is 0 Å². The zero-order valence-corrected chi connectivity index (χ0v) is 17.0. The molecule has 0 aliphatic rings. The molecular formula is C21H21F2N3O2S. The summed E-state index contributed by atoms with van der Waals surface area (Å²) in [5.41, 5.74) is 3.48. The molecule has 29 heavy (non-hydrogen) atoms. The van der Waals surface area contributed by atoms with Crippen LogP contribution in [0.4, 0.5) is 14.5 Å². The summed E-state index contributed by atoms with van der Waals surface area (Å²) in [7, 11) is 0. The largest absolute Gasteiger partial charge is 0.433 e. The number of hydrogen-bond acceptors (Lipinski definition) is 4. The Morgan fingerprint density at radius 1 is 1.17 bits per heavy atom. The lowest BCUT2D eigenvalue weighted by Crippen LogP contribution is -2.23. The summed E-state index contributed by atoms with van der Waals surface area (Å²) in [6, 6.07) is 12.1. The lowest BCUT2D eigenvalue weighted by Gasteiger charge is -2.16. The van der Waals surface area contributed by atoms with Crippen LogP contribution in [0.3, 0.4) is 0 Å². The molecule has 5 nitrogen and oxygen atoms in total. The van der Waals surface area contributed by atoms with E-state index in [0.29, 0.717) is 5.16 Å². The molecule has 1 aromatic heterocycles. The summed E-state index contributed by atoms with van der Waals surface area (Å²) in [6.07, 6.45) is 3.53. The number of aryl methyl sites for hydroxylation is 1. The molecule has 1 unspecified atom stereocenters. The van der Waals surface area contributed by atoms with Gasteiger partial charge in [0.2, 0.25) is 5.91 Å². The van der Waals surface area contributed by atoms with Gasteiger partial charge in [0.25, 0.3) is 0 Å². The summed E-state index contributed by atoms with van der Waals surface area (Å²) >= 11 is 1.28. The van der Waals surface area contributed by atoms with Crippen LogP contribution in [0.25, 0.3) is 5.69 Å². The summed E-state index contributed by atoms with van der Waals surface area (Å²) < 4.78 is 31.5. The molecule has 1 amide bonds. The van der Waals surface area contributed by atoms with Crippen LogP contribution in [-0.4, -0.2) is 27.3 Å². The van der Waals surface area contributed by atoms with E-state index in [1.165, 1.54) is 23.9 Å². The normalized spacial score (nSPS) is 12.1. The predicted octanol–water partition coefficient (Wildman–Crippen LogP) is 5.21. The van der Waals surface area contributed by atoms with Crippen LogP contribution in [-0.2, 0) is 4.79 Å². The number of para-hydroxylation sites is 2. The van der Waals surface area contributed by atoms with Crippen LogP contribution in [0.2, 0.25) is 0 Å². The zero-order chi connectivity index (χ0) is 21.0. The van der Waals surface area contributed by atoms with E-state index in [-0.39, 0.29) is 17.3 Å². The molecule has 0 bridgehead atoms. The summed E-state index contributed by atoms with van der Waals surface area (Å²) in [5, 5.41) is 2.80. The molecule has 0 aliphatic carbocycles. The maximum Gasteiger partial charge on any atom is 0.387 e. The molecule has 0 fully saturated rings. The molecule has 1 N–H and O–H groups in total. The highest BCUT2D eigenvalue weighted by atomic mass is 32.2. The lowest BCUT2D eigenvalue weighted by atomic mass is 10.1. The maximum atomic E-state index is 12.6. The van der Waals surface area contributed by atoms with Crippen molar-refractivity contribution in [3.8, 4) is 11.4 Å². The van der Waals surface area contributed by atoms with Gasteiger partial charge in [-0.25, -0.2) is 4.98 Å². The fraction of sp³-hybridized carbons (Fsp3) is 0.238. The molecule has 8 heteroatoms. The van der Waals surface area contributed by atoms with Gasteiger partial charge in [0.1, 0.15) is 5.75 Å². The number of alkyl halides is 2. The van der Waals surface area contributed by atoms with Crippen molar-refractivity contribution in [2.24, 2.45) is 0 Å². The maximum absolute atomic E-state index is 12.6. The van der Waals surface area contributed by atoms with Gasteiger partial charge in [0, 0.05) is 12.4 Å². The third-order valence-corrected chi connectivity index (χ3v) is 5.54. The van der Waals surface area contributed by atoms with E-state index in [4.69, 9.17) is 0 Å². The Labute approximate surface area is 172 Å². The zero-order valence-electron chi connectivity index (χ0n) is 16.2. The quantitative estimate of drug-likeness (QED) is 0.536. The number of halogens is 2. The van der Waals surface area contributed by atoms with Crippen LogP contribution in [0, 0.1) is 13.8 Å². The van der Waals surface area contributed by atoms with Crippen LogP contribution in [0.1, 0.15) is 18.1 Å². The van der Waals surface area contributed by atoms with Gasteiger partial charge in [-0.3, -0.25) is 9.36 Å². The number of amides is 1. The molecule has 2 aromatic carbocycles. The van der Waals surface area contributed by atoms with Crippen LogP contribution < -0.4 is 10.1 Å². The first-order valence-corrected chi connectivity index (χ1v) is 9.86. The Hall–Kier alpha value is -2.87. The number of nitrogens with one attached hydrogen (secondary N) is 1. The monoisotopic (exact) mass is 417 g/mol. The highest BCUT2D eigenvalue weighted by molar-refractivity contribution is 8.00. The number of imidazole rings is 1. The van der Waals surface area contributed by atoms with E-state index in [0.717, 1.165) is 16.8 Å². The molecule has 0 spiro atoms. The van der Waals surface area contributed by atoms with Crippen molar-refractivity contribution >= 4 is 23.4 Å². The fourth-order valence-electron chi connectivity index (χ4n) is 2.77. The molecule has 0 radical (unpaired) electrons.